The third-order valence-electron chi connectivity index (χ3n) is 6.12. The predicted octanol–water partition coefficient (Wildman–Crippen LogP) is 4.15. The van der Waals surface area contributed by atoms with Crippen molar-refractivity contribution in [3.63, 3.8) is 0 Å². The average molecular weight is 617 g/mol. The highest BCUT2D eigenvalue weighted by atomic mass is 28.5. The zero-order valence-corrected chi connectivity index (χ0v) is 27.4. The Bertz CT molecular complexity index is 1330. The van der Waals surface area contributed by atoms with Crippen molar-refractivity contribution in [1.29, 1.82) is 0 Å². The molecular weight excluding hydrogens is 577 g/mol. The van der Waals surface area contributed by atoms with Gasteiger partial charge in [0, 0.05) is 18.7 Å². The molecule has 2 heterocycles. The molecule has 3 atom stereocenters. The molecule has 2 N–H and O–H groups in total. The number of nitrogens with zero attached hydrogens (tertiary/aromatic N) is 1. The average Bonchev–Trinajstić information content (AvgIpc) is 3.25. The van der Waals surface area contributed by atoms with E-state index in [4.69, 9.17) is 21.8 Å². The number of H-pyrrole nitrogens is 1. The Labute approximate surface area is 243 Å². The quantitative estimate of drug-likeness (QED) is 0.291. The molecule has 0 spiro atoms. The number of aromatic nitrogens is 2. The van der Waals surface area contributed by atoms with Crippen molar-refractivity contribution in [2.24, 2.45) is 0 Å². The lowest BCUT2D eigenvalue weighted by atomic mass is 10.0. The minimum atomic E-state index is -3.90. The van der Waals surface area contributed by atoms with Gasteiger partial charge in [0.25, 0.3) is 5.56 Å². The summed E-state index contributed by atoms with van der Waals surface area (Å²) < 4.78 is 34.2. The Morgan fingerprint density at radius 2 is 1.44 bits per heavy atom. The van der Waals surface area contributed by atoms with Crippen molar-refractivity contribution in [3.8, 4) is 0 Å². The molecule has 0 unspecified atom stereocenters. The van der Waals surface area contributed by atoms with E-state index in [1.807, 2.05) is 60.7 Å². The zero-order chi connectivity index (χ0) is 29.8. The Morgan fingerprint density at radius 3 is 1.93 bits per heavy atom. The van der Waals surface area contributed by atoms with Gasteiger partial charge in [-0.3, -0.25) is 14.3 Å². The van der Waals surface area contributed by atoms with Gasteiger partial charge in [-0.1, -0.05) is 60.7 Å². The number of rotatable bonds is 12. The van der Waals surface area contributed by atoms with Gasteiger partial charge in [-0.2, -0.15) is 0 Å². The highest BCUT2D eigenvalue weighted by Crippen LogP contribution is 2.35. The first-order valence-electron chi connectivity index (χ1n) is 13.7. The van der Waals surface area contributed by atoms with E-state index in [2.05, 4.69) is 44.3 Å². The maximum Gasteiger partial charge on any atom is 0.659 e. The summed E-state index contributed by atoms with van der Waals surface area (Å²) in [6, 6.07) is 21.0. The topological polar surface area (TPSA) is 121 Å². The highest BCUT2D eigenvalue weighted by molar-refractivity contribution is 6.83. The van der Waals surface area contributed by atoms with Crippen molar-refractivity contribution >= 4 is 25.7 Å². The minimum absolute atomic E-state index is 0.0761. The molecule has 10 nitrogen and oxygen atoms in total. The van der Waals surface area contributed by atoms with E-state index in [9.17, 15) is 14.7 Å². The van der Waals surface area contributed by atoms with Crippen LogP contribution >= 0.6 is 0 Å². The van der Waals surface area contributed by atoms with Crippen LogP contribution in [0.1, 0.15) is 29.9 Å². The summed E-state index contributed by atoms with van der Waals surface area (Å²) in [5.74, 6) is 0. The fourth-order valence-electron chi connectivity index (χ4n) is 4.51. The SMILES string of the molecule is C[Si](C)(C)O[Si](OC[C@H]1O[C@@H](n2ccc(=O)[nH]c2=O)C[C@@H]1O)(OC(c1ccccc1)c1ccccc1)O[Si](C)(C)C. The number of nitrogens with one attached hydrogen (secondary N) is 1. The number of aromatic amines is 1. The van der Waals surface area contributed by atoms with Gasteiger partial charge in [-0.25, -0.2) is 4.79 Å². The maximum atomic E-state index is 12.3. The Kier molecular flexibility index (Phi) is 9.83. The normalized spacial score (nSPS) is 20.0. The number of hydrogen-bond donors (Lipinski definition) is 2. The number of benzene rings is 2. The fraction of sp³-hybridized carbons (Fsp3) is 0.429. The molecule has 0 radical (unpaired) electrons. The molecule has 1 aromatic heterocycles. The highest BCUT2D eigenvalue weighted by Gasteiger charge is 2.54. The number of hydrogen-bond acceptors (Lipinski definition) is 8. The molecule has 1 aliphatic heterocycles. The first kappa shape index (κ1) is 31.5. The summed E-state index contributed by atoms with van der Waals surface area (Å²) in [6.07, 6.45) is -1.50. The number of aliphatic hydroxyl groups excluding tert-OH is 1. The van der Waals surface area contributed by atoms with Crippen LogP contribution in [0.2, 0.25) is 39.3 Å². The molecule has 1 aliphatic rings. The number of aliphatic hydroxyl groups is 1. The van der Waals surface area contributed by atoms with Crippen LogP contribution in [0.5, 0.6) is 0 Å². The van der Waals surface area contributed by atoms with Crippen LogP contribution in [-0.2, 0) is 21.8 Å². The summed E-state index contributed by atoms with van der Waals surface area (Å²) >= 11 is 0. The van der Waals surface area contributed by atoms with Crippen LogP contribution in [0.15, 0.2) is 82.5 Å². The second kappa shape index (κ2) is 12.8. The largest absolute Gasteiger partial charge is 0.659 e. The summed E-state index contributed by atoms with van der Waals surface area (Å²) in [4.78, 5) is 26.1. The molecule has 0 aliphatic carbocycles. The van der Waals surface area contributed by atoms with Gasteiger partial charge in [-0.05, 0) is 50.4 Å². The molecule has 3 aromatic rings. The fourth-order valence-corrected chi connectivity index (χ4v) is 12.9. The minimum Gasteiger partial charge on any atom is -0.395 e. The molecule has 222 valence electrons. The van der Waals surface area contributed by atoms with Crippen molar-refractivity contribution in [2.75, 3.05) is 6.61 Å². The molecule has 4 rings (SSSR count). The molecular formula is C28H40N2O8Si3. The lowest BCUT2D eigenvalue weighted by molar-refractivity contribution is -0.0682. The van der Waals surface area contributed by atoms with Gasteiger partial charge in [0.1, 0.15) is 18.4 Å². The Balaban J connectivity index is 1.67. The van der Waals surface area contributed by atoms with Crippen molar-refractivity contribution in [1.82, 2.24) is 9.55 Å². The summed E-state index contributed by atoms with van der Waals surface area (Å²) in [6.45, 7) is 12.2. The van der Waals surface area contributed by atoms with Crippen molar-refractivity contribution < 1.29 is 26.9 Å². The van der Waals surface area contributed by atoms with Crippen LogP contribution in [-0.4, -0.2) is 59.2 Å². The number of ether oxygens (including phenoxy) is 1. The van der Waals surface area contributed by atoms with Crippen molar-refractivity contribution in [2.45, 2.75) is 70.2 Å². The standard InChI is InChI=1S/C28H40N2O8Si3/c1-39(2,3)37-41(38-40(4,5)6,36-27(21-13-9-7-10-14-21)22-15-11-8-12-16-22)34-20-24-23(31)19-26(35-24)30-18-17-25(32)29-28(30)33/h7-18,23-24,26-27,31H,19-20H2,1-6H3,(H,29,32,33)/t23-,24+,26+/m0/s1. The molecule has 2 aromatic carbocycles. The zero-order valence-electron chi connectivity index (χ0n) is 24.4. The molecule has 0 saturated carbocycles. The maximum absolute atomic E-state index is 12.3. The van der Waals surface area contributed by atoms with Gasteiger partial charge in [0.2, 0.25) is 0 Å². The molecule has 0 bridgehead atoms. The van der Waals surface area contributed by atoms with E-state index in [0.29, 0.717) is 0 Å². The van der Waals surface area contributed by atoms with E-state index in [1.165, 1.54) is 16.8 Å². The molecule has 13 heteroatoms. The van der Waals surface area contributed by atoms with Crippen molar-refractivity contribution in [3.05, 3.63) is 105 Å². The molecule has 1 saturated heterocycles. The molecule has 41 heavy (non-hydrogen) atoms. The summed E-state index contributed by atoms with van der Waals surface area (Å²) in [5.41, 5.74) is 0.733. The van der Waals surface area contributed by atoms with E-state index in [0.717, 1.165) is 11.1 Å². The van der Waals surface area contributed by atoms with Gasteiger partial charge < -0.3 is 26.9 Å². The Morgan fingerprint density at radius 1 is 0.902 bits per heavy atom. The van der Waals surface area contributed by atoms with E-state index in [-0.39, 0.29) is 13.0 Å². The first-order chi connectivity index (χ1) is 19.2. The monoisotopic (exact) mass is 616 g/mol. The van der Waals surface area contributed by atoms with Crippen LogP contribution in [0.4, 0.5) is 0 Å². The smallest absolute Gasteiger partial charge is 0.395 e. The predicted molar refractivity (Wildman–Crippen MR) is 162 cm³/mol. The van der Waals surface area contributed by atoms with Crippen LogP contribution in [0.3, 0.4) is 0 Å². The van der Waals surface area contributed by atoms with Crippen LogP contribution in [0, 0.1) is 0 Å². The second-order valence-corrected chi connectivity index (χ2v) is 23.6. The first-order valence-corrected chi connectivity index (χ1v) is 22.2. The van der Waals surface area contributed by atoms with Gasteiger partial charge in [0.05, 0.1) is 12.7 Å². The van der Waals surface area contributed by atoms with E-state index >= 15 is 0 Å². The van der Waals surface area contributed by atoms with E-state index < -0.39 is 61.5 Å². The molecule has 1 fully saturated rings. The molecule has 0 amide bonds. The Hall–Kier alpha value is -2.47. The van der Waals surface area contributed by atoms with E-state index in [1.54, 1.807) is 0 Å². The van der Waals surface area contributed by atoms with Gasteiger partial charge in [-0.15, -0.1) is 0 Å². The summed E-state index contributed by atoms with van der Waals surface area (Å²) in [5, 5.41) is 10.9. The lowest BCUT2D eigenvalue weighted by Crippen LogP contribution is -2.60. The van der Waals surface area contributed by atoms with Gasteiger partial charge >= 0.3 is 14.7 Å². The van der Waals surface area contributed by atoms with Crippen LogP contribution in [0.25, 0.3) is 0 Å². The lowest BCUT2D eigenvalue weighted by Gasteiger charge is -2.40. The second-order valence-electron chi connectivity index (χ2n) is 12.0. The van der Waals surface area contributed by atoms with Gasteiger partial charge in [0.15, 0.2) is 16.6 Å². The third-order valence-corrected chi connectivity index (χ3v) is 14.1. The summed E-state index contributed by atoms with van der Waals surface area (Å²) in [7, 11) is -8.51. The third kappa shape index (κ3) is 8.76. The van der Waals surface area contributed by atoms with Crippen LogP contribution < -0.4 is 11.2 Å².